The molecule has 4 rings (SSSR count). The van der Waals surface area contributed by atoms with E-state index in [4.69, 9.17) is 8.94 Å². The van der Waals surface area contributed by atoms with E-state index in [1.54, 1.807) is 24.3 Å². The molecule has 3 heterocycles. The average molecular weight is 414 g/mol. The van der Waals surface area contributed by atoms with E-state index in [1.165, 1.54) is 12.3 Å². The second-order valence-corrected chi connectivity index (χ2v) is 7.11. The number of hydrogen-bond donors (Lipinski definition) is 2. The van der Waals surface area contributed by atoms with Crippen LogP contribution in [0.4, 0.5) is 20.6 Å². The number of nitrogens with zero attached hydrogens (tertiary/aromatic N) is 4. The Kier molecular flexibility index (Phi) is 5.94. The molecule has 1 saturated heterocycles. The second kappa shape index (κ2) is 8.95. The van der Waals surface area contributed by atoms with E-state index < -0.39 is 6.03 Å². The number of halogens is 1. The van der Waals surface area contributed by atoms with E-state index in [-0.39, 0.29) is 18.3 Å². The monoisotopic (exact) mass is 414 g/mol. The van der Waals surface area contributed by atoms with E-state index in [2.05, 4.69) is 32.7 Å². The molecule has 10 heteroatoms. The number of hydrogen-bond acceptors (Lipinski definition) is 7. The maximum absolute atomic E-state index is 14.6. The molecule has 2 aromatic heterocycles. The number of aromatic nitrogens is 2. The molecular weight excluding hydrogens is 391 g/mol. The summed E-state index contributed by atoms with van der Waals surface area (Å²) in [6.45, 7) is 3.52. The zero-order chi connectivity index (χ0) is 20.9. The summed E-state index contributed by atoms with van der Waals surface area (Å²) in [5.41, 5.74) is 0.915. The quantitative estimate of drug-likeness (QED) is 0.662. The molecule has 0 radical (unpaired) electrons. The van der Waals surface area contributed by atoms with Crippen molar-refractivity contribution in [2.75, 3.05) is 43.4 Å². The number of furan rings is 1. The molecule has 0 bridgehead atoms. The third-order valence-electron chi connectivity index (χ3n) is 4.87. The maximum Gasteiger partial charge on any atom is 0.319 e. The molecule has 0 unspecified atom stereocenters. The highest BCUT2D eigenvalue weighted by Crippen LogP contribution is 2.24. The summed E-state index contributed by atoms with van der Waals surface area (Å²) in [5.74, 6) is 0.613. The minimum absolute atomic E-state index is 0.0535. The molecular formula is C20H23FN6O3. The smallest absolute Gasteiger partial charge is 0.319 e. The second-order valence-electron chi connectivity index (χ2n) is 7.11. The van der Waals surface area contributed by atoms with Gasteiger partial charge >= 0.3 is 6.03 Å². The van der Waals surface area contributed by atoms with Gasteiger partial charge in [-0.1, -0.05) is 5.16 Å². The zero-order valence-electron chi connectivity index (χ0n) is 16.6. The number of carbonyl (C=O) groups is 1. The van der Waals surface area contributed by atoms with Gasteiger partial charge in [0.15, 0.2) is 11.6 Å². The fraction of sp³-hybridized carbons (Fsp3) is 0.350. The van der Waals surface area contributed by atoms with Gasteiger partial charge in [-0.05, 0) is 50.3 Å². The van der Waals surface area contributed by atoms with E-state index in [9.17, 15) is 9.18 Å². The topological polar surface area (TPSA) is 99.7 Å². The lowest BCUT2D eigenvalue weighted by molar-refractivity contribution is 0.251. The summed E-state index contributed by atoms with van der Waals surface area (Å²) in [6, 6.07) is 7.62. The minimum Gasteiger partial charge on any atom is -0.459 e. The Morgan fingerprint density at radius 2 is 2.13 bits per heavy atom. The molecule has 158 valence electrons. The highest BCUT2D eigenvalue weighted by atomic mass is 19.1. The van der Waals surface area contributed by atoms with Crippen LogP contribution in [0.3, 0.4) is 0 Å². The zero-order valence-corrected chi connectivity index (χ0v) is 16.6. The van der Waals surface area contributed by atoms with Crippen LogP contribution < -0.4 is 15.5 Å². The number of carbonyl (C=O) groups excluding carboxylic acids is 1. The first-order valence-corrected chi connectivity index (χ1v) is 9.73. The van der Waals surface area contributed by atoms with Crippen molar-refractivity contribution in [2.24, 2.45) is 0 Å². The Hall–Kier alpha value is -3.40. The number of rotatable bonds is 5. The van der Waals surface area contributed by atoms with Gasteiger partial charge in [-0.2, -0.15) is 4.98 Å². The normalized spacial score (nSPS) is 15.1. The van der Waals surface area contributed by atoms with Crippen LogP contribution in [-0.4, -0.2) is 54.3 Å². The van der Waals surface area contributed by atoms with Gasteiger partial charge in [0.05, 0.1) is 18.5 Å². The standard InChI is InChI=1S/C20H23FN6O3/c1-26-7-3-8-27(10-9-26)16-6-5-14(12-15(16)21)23-20(28)22-13-18-24-19(30-25-18)17-4-2-11-29-17/h2,4-6,11-12H,3,7-10,13H2,1H3,(H2,22,23,28). The summed E-state index contributed by atoms with van der Waals surface area (Å²) in [7, 11) is 2.07. The Morgan fingerprint density at radius 1 is 1.23 bits per heavy atom. The lowest BCUT2D eigenvalue weighted by Crippen LogP contribution is -2.30. The fourth-order valence-corrected chi connectivity index (χ4v) is 3.29. The molecule has 30 heavy (non-hydrogen) atoms. The van der Waals surface area contributed by atoms with Crippen LogP contribution in [0.2, 0.25) is 0 Å². The van der Waals surface area contributed by atoms with Gasteiger partial charge in [-0.25, -0.2) is 9.18 Å². The SMILES string of the molecule is CN1CCCN(c2ccc(NC(=O)NCc3noc(-c4ccco4)n3)cc2F)CC1. The van der Waals surface area contributed by atoms with Gasteiger partial charge < -0.3 is 29.4 Å². The maximum atomic E-state index is 14.6. The summed E-state index contributed by atoms with van der Waals surface area (Å²) >= 11 is 0. The first-order valence-electron chi connectivity index (χ1n) is 9.73. The number of nitrogens with one attached hydrogen (secondary N) is 2. The van der Waals surface area contributed by atoms with Gasteiger partial charge in [0.2, 0.25) is 0 Å². The molecule has 1 aromatic carbocycles. The molecule has 1 aliphatic rings. The largest absolute Gasteiger partial charge is 0.459 e. The Labute approximate surface area is 172 Å². The summed E-state index contributed by atoms with van der Waals surface area (Å²) in [4.78, 5) is 20.5. The summed E-state index contributed by atoms with van der Waals surface area (Å²) in [5, 5.41) is 9.01. The van der Waals surface area contributed by atoms with E-state index in [0.29, 0.717) is 23.0 Å². The molecule has 0 aliphatic carbocycles. The summed E-state index contributed by atoms with van der Waals surface area (Å²) in [6.07, 6.45) is 2.48. The third kappa shape index (κ3) is 4.77. The molecule has 2 N–H and O–H groups in total. The number of anilines is 2. The van der Waals surface area contributed by atoms with E-state index in [0.717, 1.165) is 32.6 Å². The van der Waals surface area contributed by atoms with Crippen LogP contribution in [0.1, 0.15) is 12.2 Å². The van der Waals surface area contributed by atoms with Gasteiger partial charge in [-0.3, -0.25) is 0 Å². The molecule has 1 aliphatic heterocycles. The molecule has 0 saturated carbocycles. The third-order valence-corrected chi connectivity index (χ3v) is 4.87. The van der Waals surface area contributed by atoms with Gasteiger partial charge in [0, 0.05) is 25.3 Å². The molecule has 3 aromatic rings. The Bertz CT molecular complexity index is 990. The van der Waals surface area contributed by atoms with Crippen molar-refractivity contribution in [3.63, 3.8) is 0 Å². The highest BCUT2D eigenvalue weighted by molar-refractivity contribution is 5.89. The minimum atomic E-state index is -0.497. The lowest BCUT2D eigenvalue weighted by atomic mass is 10.2. The van der Waals surface area contributed by atoms with Gasteiger partial charge in [0.25, 0.3) is 5.89 Å². The number of urea groups is 1. The van der Waals surface area contributed by atoms with Gasteiger partial charge in [0.1, 0.15) is 5.82 Å². The first-order chi connectivity index (χ1) is 14.6. The van der Waals surface area contributed by atoms with Crippen molar-refractivity contribution in [2.45, 2.75) is 13.0 Å². The van der Waals surface area contributed by atoms with Crippen LogP contribution in [0.15, 0.2) is 45.5 Å². The number of amides is 2. The molecule has 2 amide bonds. The predicted molar refractivity (Wildman–Crippen MR) is 109 cm³/mol. The van der Waals surface area contributed by atoms with Crippen LogP contribution in [0.25, 0.3) is 11.7 Å². The van der Waals surface area contributed by atoms with Crippen molar-refractivity contribution in [3.05, 3.63) is 48.2 Å². The van der Waals surface area contributed by atoms with Crippen molar-refractivity contribution < 1.29 is 18.1 Å². The van der Waals surface area contributed by atoms with Crippen LogP contribution in [0.5, 0.6) is 0 Å². The predicted octanol–water partition coefficient (Wildman–Crippen LogP) is 2.93. The van der Waals surface area contributed by atoms with Crippen LogP contribution in [-0.2, 0) is 6.54 Å². The Balaban J connectivity index is 1.31. The molecule has 0 spiro atoms. The first kappa shape index (κ1) is 19.9. The summed E-state index contributed by atoms with van der Waals surface area (Å²) < 4.78 is 24.9. The van der Waals surface area contributed by atoms with E-state index >= 15 is 0 Å². The lowest BCUT2D eigenvalue weighted by Gasteiger charge is -2.23. The number of likely N-dealkylation sites (N-methyl/N-ethyl adjacent to an activating group) is 1. The Morgan fingerprint density at radius 3 is 2.93 bits per heavy atom. The molecule has 0 atom stereocenters. The molecule has 9 nitrogen and oxygen atoms in total. The van der Waals surface area contributed by atoms with Crippen molar-refractivity contribution >= 4 is 17.4 Å². The number of benzene rings is 1. The average Bonchev–Trinajstić information content (AvgIpc) is 3.37. The fourth-order valence-electron chi connectivity index (χ4n) is 3.29. The van der Waals surface area contributed by atoms with Crippen molar-refractivity contribution in [3.8, 4) is 11.7 Å². The molecule has 1 fully saturated rings. The highest BCUT2D eigenvalue weighted by Gasteiger charge is 2.17. The van der Waals surface area contributed by atoms with Crippen LogP contribution >= 0.6 is 0 Å². The van der Waals surface area contributed by atoms with Crippen molar-refractivity contribution in [1.82, 2.24) is 20.4 Å². The van der Waals surface area contributed by atoms with Crippen LogP contribution in [0, 0.1) is 5.82 Å². The van der Waals surface area contributed by atoms with Crippen molar-refractivity contribution in [1.29, 1.82) is 0 Å². The van der Waals surface area contributed by atoms with Gasteiger partial charge in [-0.15, -0.1) is 0 Å². The van der Waals surface area contributed by atoms with E-state index in [1.807, 2.05) is 4.90 Å².